The molecule has 2 rings (SSSR count). The summed E-state index contributed by atoms with van der Waals surface area (Å²) in [6, 6.07) is 10.6. The van der Waals surface area contributed by atoms with Crippen molar-refractivity contribution in [3.05, 3.63) is 41.7 Å². The molecule has 0 aliphatic heterocycles. The quantitative estimate of drug-likeness (QED) is 0.887. The van der Waals surface area contributed by atoms with Crippen LogP contribution in [-0.4, -0.2) is 25.7 Å². The second-order valence-electron chi connectivity index (χ2n) is 6.52. The molecule has 1 heterocycles. The number of hydrogen-bond acceptors (Lipinski definition) is 4. The van der Waals surface area contributed by atoms with Gasteiger partial charge in [0.25, 0.3) is 0 Å². The van der Waals surface area contributed by atoms with E-state index in [9.17, 15) is 0 Å². The first kappa shape index (κ1) is 15.6. The Bertz CT molecular complexity index is 541. The summed E-state index contributed by atoms with van der Waals surface area (Å²) in [4.78, 5) is 0. The minimum absolute atomic E-state index is 0.0636. The second kappa shape index (κ2) is 6.80. The number of tetrazole rings is 1. The van der Waals surface area contributed by atoms with Crippen LogP contribution in [0.2, 0.25) is 0 Å². The van der Waals surface area contributed by atoms with E-state index in [0.29, 0.717) is 12.5 Å². The highest BCUT2D eigenvalue weighted by molar-refractivity contribution is 5.18. The van der Waals surface area contributed by atoms with Gasteiger partial charge in [-0.2, -0.15) is 0 Å². The zero-order valence-corrected chi connectivity index (χ0v) is 13.4. The molecule has 0 aliphatic rings. The first-order valence-electron chi connectivity index (χ1n) is 7.51. The molecule has 5 heteroatoms. The van der Waals surface area contributed by atoms with Gasteiger partial charge in [-0.15, -0.1) is 5.10 Å². The molecule has 0 fully saturated rings. The van der Waals surface area contributed by atoms with E-state index < -0.39 is 0 Å². The van der Waals surface area contributed by atoms with Gasteiger partial charge in [-0.25, -0.2) is 4.68 Å². The van der Waals surface area contributed by atoms with E-state index >= 15 is 0 Å². The number of rotatable bonds is 6. The Morgan fingerprint density at radius 2 is 1.90 bits per heavy atom. The number of nitrogens with one attached hydrogen (secondary N) is 1. The van der Waals surface area contributed by atoms with E-state index in [-0.39, 0.29) is 5.54 Å². The molecule has 0 saturated heterocycles. The summed E-state index contributed by atoms with van der Waals surface area (Å²) in [7, 11) is 0. The Morgan fingerprint density at radius 3 is 2.57 bits per heavy atom. The molecule has 114 valence electrons. The lowest BCUT2D eigenvalue weighted by Crippen LogP contribution is -2.36. The van der Waals surface area contributed by atoms with Crippen molar-refractivity contribution in [2.45, 2.75) is 58.7 Å². The summed E-state index contributed by atoms with van der Waals surface area (Å²) in [5, 5.41) is 15.4. The van der Waals surface area contributed by atoms with Crippen LogP contribution in [0.3, 0.4) is 0 Å². The molecule has 1 N–H and O–H groups in total. The van der Waals surface area contributed by atoms with Crippen LogP contribution in [0.25, 0.3) is 0 Å². The summed E-state index contributed by atoms with van der Waals surface area (Å²) in [5.41, 5.74) is 1.42. The van der Waals surface area contributed by atoms with Crippen LogP contribution in [0.15, 0.2) is 30.3 Å². The molecule has 0 radical (unpaired) electrons. The number of aryl methyl sites for hydroxylation is 1. The van der Waals surface area contributed by atoms with Gasteiger partial charge in [0.15, 0.2) is 5.82 Å². The largest absolute Gasteiger partial charge is 0.305 e. The van der Waals surface area contributed by atoms with Crippen molar-refractivity contribution in [1.29, 1.82) is 0 Å². The molecule has 0 amide bonds. The first-order chi connectivity index (χ1) is 9.96. The van der Waals surface area contributed by atoms with Crippen LogP contribution >= 0.6 is 0 Å². The first-order valence-corrected chi connectivity index (χ1v) is 7.51. The van der Waals surface area contributed by atoms with Crippen molar-refractivity contribution >= 4 is 0 Å². The smallest absolute Gasteiger partial charge is 0.165 e. The highest BCUT2D eigenvalue weighted by Gasteiger charge is 2.13. The van der Waals surface area contributed by atoms with Gasteiger partial charge < -0.3 is 5.32 Å². The molecular formula is C16H25N5. The monoisotopic (exact) mass is 287 g/mol. The highest BCUT2D eigenvalue weighted by atomic mass is 15.5. The van der Waals surface area contributed by atoms with Crippen molar-refractivity contribution in [2.75, 3.05) is 0 Å². The van der Waals surface area contributed by atoms with Gasteiger partial charge in [0, 0.05) is 12.1 Å². The lowest BCUT2D eigenvalue weighted by molar-refractivity contribution is 0.404. The third-order valence-corrected chi connectivity index (χ3v) is 3.53. The summed E-state index contributed by atoms with van der Waals surface area (Å²) in [5.74, 6) is 1.39. The van der Waals surface area contributed by atoms with Crippen molar-refractivity contribution in [1.82, 2.24) is 25.5 Å². The van der Waals surface area contributed by atoms with Gasteiger partial charge in [-0.3, -0.25) is 0 Å². The molecule has 1 unspecified atom stereocenters. The molecule has 1 aromatic carbocycles. The Balaban J connectivity index is 1.90. The third-order valence-electron chi connectivity index (χ3n) is 3.53. The number of nitrogens with zero attached hydrogens (tertiary/aromatic N) is 4. The summed E-state index contributed by atoms with van der Waals surface area (Å²) in [6.07, 6.45) is 1.03. The fourth-order valence-electron chi connectivity index (χ4n) is 2.13. The SMILES string of the molecule is CC(CCn1nnnc1CNC(C)(C)C)c1ccccc1. The molecular weight excluding hydrogens is 262 g/mol. The standard InChI is InChI=1S/C16H25N5/c1-13(14-8-6-5-7-9-14)10-11-21-15(18-19-20-21)12-17-16(2,3)4/h5-9,13,17H,10-12H2,1-4H3. The molecule has 0 aliphatic carbocycles. The maximum absolute atomic E-state index is 4.11. The zero-order valence-electron chi connectivity index (χ0n) is 13.4. The van der Waals surface area contributed by atoms with E-state index in [4.69, 9.17) is 0 Å². The van der Waals surface area contributed by atoms with E-state index in [1.165, 1.54) is 5.56 Å². The Morgan fingerprint density at radius 1 is 1.19 bits per heavy atom. The van der Waals surface area contributed by atoms with Crippen LogP contribution in [-0.2, 0) is 13.1 Å². The van der Waals surface area contributed by atoms with Crippen molar-refractivity contribution in [2.24, 2.45) is 0 Å². The molecule has 1 atom stereocenters. The minimum atomic E-state index is 0.0636. The summed E-state index contributed by atoms with van der Waals surface area (Å²) >= 11 is 0. The number of benzene rings is 1. The van der Waals surface area contributed by atoms with Crippen LogP contribution in [0.5, 0.6) is 0 Å². The Kier molecular flexibility index (Phi) is 5.07. The second-order valence-corrected chi connectivity index (χ2v) is 6.52. The van der Waals surface area contributed by atoms with E-state index in [0.717, 1.165) is 18.8 Å². The molecule has 0 bridgehead atoms. The average Bonchev–Trinajstić information content (AvgIpc) is 2.90. The topological polar surface area (TPSA) is 55.6 Å². The normalized spacial score (nSPS) is 13.3. The van der Waals surface area contributed by atoms with Crippen molar-refractivity contribution in [3.8, 4) is 0 Å². The van der Waals surface area contributed by atoms with E-state index in [1.807, 2.05) is 10.7 Å². The van der Waals surface area contributed by atoms with Gasteiger partial charge >= 0.3 is 0 Å². The molecule has 0 saturated carbocycles. The number of aromatic nitrogens is 4. The van der Waals surface area contributed by atoms with Gasteiger partial charge in [-0.05, 0) is 49.1 Å². The molecule has 2 aromatic rings. The van der Waals surface area contributed by atoms with Gasteiger partial charge in [0.05, 0.1) is 6.54 Å². The zero-order chi connectivity index (χ0) is 15.3. The highest BCUT2D eigenvalue weighted by Crippen LogP contribution is 2.19. The predicted molar refractivity (Wildman–Crippen MR) is 83.9 cm³/mol. The van der Waals surface area contributed by atoms with Gasteiger partial charge in [0.2, 0.25) is 0 Å². The summed E-state index contributed by atoms with van der Waals surface area (Å²) in [6.45, 7) is 10.2. The third kappa shape index (κ3) is 4.93. The van der Waals surface area contributed by atoms with Gasteiger partial charge in [0.1, 0.15) is 0 Å². The van der Waals surface area contributed by atoms with Crippen molar-refractivity contribution < 1.29 is 0 Å². The Hall–Kier alpha value is -1.75. The van der Waals surface area contributed by atoms with E-state index in [1.54, 1.807) is 0 Å². The number of hydrogen-bond donors (Lipinski definition) is 1. The van der Waals surface area contributed by atoms with Crippen LogP contribution < -0.4 is 5.32 Å². The fourth-order valence-corrected chi connectivity index (χ4v) is 2.13. The maximum atomic E-state index is 4.11. The predicted octanol–water partition coefficient (Wildman–Crippen LogP) is 2.76. The lowest BCUT2D eigenvalue weighted by Gasteiger charge is -2.20. The minimum Gasteiger partial charge on any atom is -0.305 e. The molecule has 5 nitrogen and oxygen atoms in total. The maximum Gasteiger partial charge on any atom is 0.165 e. The molecule has 1 aromatic heterocycles. The van der Waals surface area contributed by atoms with Crippen molar-refractivity contribution in [3.63, 3.8) is 0 Å². The van der Waals surface area contributed by atoms with Gasteiger partial charge in [-0.1, -0.05) is 37.3 Å². The molecule has 21 heavy (non-hydrogen) atoms. The lowest BCUT2D eigenvalue weighted by atomic mass is 9.98. The van der Waals surface area contributed by atoms with Crippen LogP contribution in [0.4, 0.5) is 0 Å². The van der Waals surface area contributed by atoms with Crippen LogP contribution in [0.1, 0.15) is 51.4 Å². The average molecular weight is 287 g/mol. The Labute approximate surface area is 126 Å². The molecule has 0 spiro atoms. The fraction of sp³-hybridized carbons (Fsp3) is 0.562. The van der Waals surface area contributed by atoms with E-state index in [2.05, 4.69) is 72.8 Å². The summed E-state index contributed by atoms with van der Waals surface area (Å²) < 4.78 is 1.90. The van der Waals surface area contributed by atoms with Crippen LogP contribution in [0, 0.1) is 0 Å².